The molecule has 4 rings (SSSR count). The molecular formula is C17H14N4O3S. The van der Waals surface area contributed by atoms with Gasteiger partial charge in [0.05, 0.1) is 10.4 Å². The highest BCUT2D eigenvalue weighted by atomic mass is 32.1. The average molecular weight is 354 g/mol. The summed E-state index contributed by atoms with van der Waals surface area (Å²) in [6, 6.07) is 4.99. The predicted molar refractivity (Wildman–Crippen MR) is 96.4 cm³/mol. The number of aromatic amines is 1. The second kappa shape index (κ2) is 5.52. The standard InChI is InChI=1S/C17H14N4O3S/c1-7-13-8(2)18-9(3)19-16(13)25-14(7)15(22)20-10-4-5-12-11(6-10)21-17(23)24-12/h4-6H,1-3H3,(H,20,22)(H,21,23). The zero-order valence-electron chi connectivity index (χ0n) is 13.8. The lowest BCUT2D eigenvalue weighted by Crippen LogP contribution is -2.11. The Labute approximate surface area is 145 Å². The number of H-pyrrole nitrogens is 1. The number of carbonyl (C=O) groups is 1. The van der Waals surface area contributed by atoms with E-state index in [1.54, 1.807) is 18.2 Å². The van der Waals surface area contributed by atoms with Crippen molar-refractivity contribution in [1.29, 1.82) is 0 Å². The lowest BCUT2D eigenvalue weighted by atomic mass is 10.1. The maximum Gasteiger partial charge on any atom is 0.417 e. The number of carbonyl (C=O) groups excluding carboxylic acids is 1. The molecule has 0 saturated carbocycles. The van der Waals surface area contributed by atoms with Crippen LogP contribution in [0, 0.1) is 20.8 Å². The summed E-state index contributed by atoms with van der Waals surface area (Å²) in [5.41, 5.74) is 3.29. The van der Waals surface area contributed by atoms with Crippen LogP contribution in [0.25, 0.3) is 21.3 Å². The van der Waals surface area contributed by atoms with Gasteiger partial charge >= 0.3 is 5.76 Å². The number of nitrogens with zero attached hydrogens (tertiary/aromatic N) is 2. The number of aryl methyl sites for hydroxylation is 3. The zero-order chi connectivity index (χ0) is 17.7. The maximum absolute atomic E-state index is 12.7. The van der Waals surface area contributed by atoms with E-state index in [-0.39, 0.29) is 5.91 Å². The minimum Gasteiger partial charge on any atom is -0.408 e. The highest BCUT2D eigenvalue weighted by Crippen LogP contribution is 2.31. The van der Waals surface area contributed by atoms with Gasteiger partial charge in [0, 0.05) is 16.8 Å². The van der Waals surface area contributed by atoms with Gasteiger partial charge in [-0.2, -0.15) is 0 Å². The molecule has 1 amide bonds. The fourth-order valence-electron chi connectivity index (χ4n) is 2.91. The van der Waals surface area contributed by atoms with Crippen LogP contribution >= 0.6 is 11.3 Å². The van der Waals surface area contributed by atoms with Gasteiger partial charge < -0.3 is 9.73 Å². The Morgan fingerprint density at radius 1 is 1.24 bits per heavy atom. The molecule has 0 aliphatic rings. The van der Waals surface area contributed by atoms with Gasteiger partial charge in [-0.25, -0.2) is 14.8 Å². The molecule has 0 fully saturated rings. The molecule has 1 aromatic carbocycles. The molecule has 0 aliphatic carbocycles. The summed E-state index contributed by atoms with van der Waals surface area (Å²) in [4.78, 5) is 36.7. The average Bonchev–Trinajstić information content (AvgIpc) is 3.06. The van der Waals surface area contributed by atoms with Crippen LogP contribution < -0.4 is 11.1 Å². The third-order valence-corrected chi connectivity index (χ3v) is 5.15. The molecule has 0 atom stereocenters. The van der Waals surface area contributed by atoms with E-state index in [2.05, 4.69) is 20.3 Å². The molecule has 3 heterocycles. The van der Waals surface area contributed by atoms with Gasteiger partial charge in [0.25, 0.3) is 5.91 Å². The Kier molecular flexibility index (Phi) is 3.43. The molecule has 0 unspecified atom stereocenters. The van der Waals surface area contributed by atoms with E-state index >= 15 is 0 Å². The minimum atomic E-state index is -0.525. The molecule has 2 N–H and O–H groups in total. The molecule has 0 bridgehead atoms. The van der Waals surface area contributed by atoms with Crippen molar-refractivity contribution in [2.75, 3.05) is 5.32 Å². The van der Waals surface area contributed by atoms with Crippen LogP contribution in [0.2, 0.25) is 0 Å². The van der Waals surface area contributed by atoms with Crippen molar-refractivity contribution in [3.8, 4) is 0 Å². The van der Waals surface area contributed by atoms with E-state index in [1.807, 2.05) is 20.8 Å². The number of anilines is 1. The lowest BCUT2D eigenvalue weighted by Gasteiger charge is -2.04. The molecule has 126 valence electrons. The molecule has 0 radical (unpaired) electrons. The molecule has 8 heteroatoms. The first-order valence-corrected chi connectivity index (χ1v) is 8.42. The van der Waals surface area contributed by atoms with Gasteiger partial charge in [-0.15, -0.1) is 11.3 Å². The number of amides is 1. The summed E-state index contributed by atoms with van der Waals surface area (Å²) in [6.45, 7) is 5.65. The van der Waals surface area contributed by atoms with Crippen molar-refractivity contribution in [1.82, 2.24) is 15.0 Å². The quantitative estimate of drug-likeness (QED) is 0.575. The van der Waals surface area contributed by atoms with Crippen LogP contribution in [0.5, 0.6) is 0 Å². The molecule has 0 spiro atoms. The predicted octanol–water partition coefficient (Wildman–Crippen LogP) is 3.30. The minimum absolute atomic E-state index is 0.220. The number of thiophene rings is 1. The third-order valence-electron chi connectivity index (χ3n) is 3.97. The summed E-state index contributed by atoms with van der Waals surface area (Å²) < 4.78 is 4.96. The molecule has 4 aromatic rings. The third kappa shape index (κ3) is 2.60. The van der Waals surface area contributed by atoms with Crippen LogP contribution in [-0.4, -0.2) is 20.9 Å². The fourth-order valence-corrected chi connectivity index (χ4v) is 4.08. The van der Waals surface area contributed by atoms with E-state index < -0.39 is 5.76 Å². The van der Waals surface area contributed by atoms with Gasteiger partial charge in [0.2, 0.25) is 0 Å². The number of aromatic nitrogens is 3. The lowest BCUT2D eigenvalue weighted by molar-refractivity contribution is 0.103. The number of oxazole rings is 1. The first-order chi connectivity index (χ1) is 11.9. The van der Waals surface area contributed by atoms with E-state index in [9.17, 15) is 9.59 Å². The first kappa shape index (κ1) is 15.5. The van der Waals surface area contributed by atoms with Gasteiger partial charge in [-0.05, 0) is 44.5 Å². The van der Waals surface area contributed by atoms with Gasteiger partial charge in [0.15, 0.2) is 5.58 Å². The smallest absolute Gasteiger partial charge is 0.408 e. The van der Waals surface area contributed by atoms with Gasteiger partial charge in [0.1, 0.15) is 10.7 Å². The van der Waals surface area contributed by atoms with Crippen molar-refractivity contribution in [2.24, 2.45) is 0 Å². The number of hydrogen-bond acceptors (Lipinski definition) is 6. The molecular weight excluding hydrogens is 340 g/mol. The first-order valence-electron chi connectivity index (χ1n) is 7.61. The van der Waals surface area contributed by atoms with Gasteiger partial charge in [-0.3, -0.25) is 9.78 Å². The Morgan fingerprint density at radius 2 is 2.04 bits per heavy atom. The summed E-state index contributed by atoms with van der Waals surface area (Å²) in [5, 5.41) is 3.78. The van der Waals surface area contributed by atoms with Crippen molar-refractivity contribution in [3.63, 3.8) is 0 Å². The molecule has 7 nitrogen and oxygen atoms in total. The highest BCUT2D eigenvalue weighted by molar-refractivity contribution is 7.20. The van der Waals surface area contributed by atoms with Crippen LogP contribution in [0.4, 0.5) is 5.69 Å². The largest absolute Gasteiger partial charge is 0.417 e. The Balaban J connectivity index is 1.72. The Bertz CT molecular complexity index is 1200. The summed E-state index contributed by atoms with van der Waals surface area (Å²) >= 11 is 1.35. The number of fused-ring (bicyclic) bond motifs is 2. The summed E-state index contributed by atoms with van der Waals surface area (Å²) in [5.74, 6) is -0.0569. The summed E-state index contributed by atoms with van der Waals surface area (Å²) in [7, 11) is 0. The second-order valence-corrected chi connectivity index (χ2v) is 6.77. The molecule has 0 saturated heterocycles. The maximum atomic E-state index is 12.7. The van der Waals surface area contributed by atoms with Crippen LogP contribution in [0.3, 0.4) is 0 Å². The molecule has 0 aliphatic heterocycles. The number of rotatable bonds is 2. The van der Waals surface area contributed by atoms with Crippen molar-refractivity contribution < 1.29 is 9.21 Å². The normalized spacial score (nSPS) is 11.3. The fraction of sp³-hybridized carbons (Fsp3) is 0.176. The molecule has 25 heavy (non-hydrogen) atoms. The van der Waals surface area contributed by atoms with E-state index in [4.69, 9.17) is 4.42 Å². The Morgan fingerprint density at radius 3 is 2.84 bits per heavy atom. The van der Waals surface area contributed by atoms with Crippen LogP contribution in [-0.2, 0) is 0 Å². The highest BCUT2D eigenvalue weighted by Gasteiger charge is 2.19. The van der Waals surface area contributed by atoms with Gasteiger partial charge in [-0.1, -0.05) is 0 Å². The monoisotopic (exact) mass is 354 g/mol. The van der Waals surface area contributed by atoms with E-state index in [0.29, 0.717) is 27.5 Å². The van der Waals surface area contributed by atoms with E-state index in [0.717, 1.165) is 21.5 Å². The van der Waals surface area contributed by atoms with Crippen LogP contribution in [0.15, 0.2) is 27.4 Å². The Hall–Kier alpha value is -3.00. The number of nitrogens with one attached hydrogen (secondary N) is 2. The van der Waals surface area contributed by atoms with Crippen molar-refractivity contribution in [3.05, 3.63) is 50.7 Å². The number of benzene rings is 1. The van der Waals surface area contributed by atoms with Crippen LogP contribution in [0.1, 0.15) is 26.8 Å². The van der Waals surface area contributed by atoms with Crippen molar-refractivity contribution in [2.45, 2.75) is 20.8 Å². The van der Waals surface area contributed by atoms with E-state index in [1.165, 1.54) is 11.3 Å². The zero-order valence-corrected chi connectivity index (χ0v) is 14.6. The topological polar surface area (TPSA) is 101 Å². The SMILES string of the molecule is Cc1nc(C)c2c(C)c(C(=O)Nc3ccc4oc(=O)[nH]c4c3)sc2n1. The van der Waals surface area contributed by atoms with Crippen molar-refractivity contribution >= 4 is 44.2 Å². The summed E-state index contributed by atoms with van der Waals surface area (Å²) in [6.07, 6.45) is 0. The molecule has 3 aromatic heterocycles. The second-order valence-electron chi connectivity index (χ2n) is 5.77. The number of hydrogen-bond donors (Lipinski definition) is 2.